The summed E-state index contributed by atoms with van der Waals surface area (Å²) >= 11 is 7.86. The number of allylic oxidation sites excluding steroid dienone is 1. The standard InChI is InChI=1S/C22H24ClNO3S/c1-15(22(26)24-14-13-16-7-3-2-4-8-16)27-20(25)12-11-19-21(23)17-9-5-6-10-18(17)28-19/h5-7,9-12,15H,2-4,8,13-14H2,1H3,(H,24,26)/b12-11+/t15-/m0/s1. The number of fused-ring (bicyclic) bond motifs is 1. The predicted molar refractivity (Wildman–Crippen MR) is 116 cm³/mol. The van der Waals surface area contributed by atoms with E-state index >= 15 is 0 Å². The quantitative estimate of drug-likeness (QED) is 0.367. The average Bonchev–Trinajstić information content (AvgIpc) is 3.03. The summed E-state index contributed by atoms with van der Waals surface area (Å²) in [5, 5.41) is 4.41. The van der Waals surface area contributed by atoms with E-state index in [0.717, 1.165) is 34.2 Å². The van der Waals surface area contributed by atoms with Gasteiger partial charge in [0.25, 0.3) is 5.91 Å². The molecule has 0 aliphatic heterocycles. The maximum Gasteiger partial charge on any atom is 0.331 e. The van der Waals surface area contributed by atoms with Crippen LogP contribution in [0.2, 0.25) is 5.02 Å². The number of carbonyl (C=O) groups is 2. The molecule has 1 aromatic heterocycles. The number of rotatable bonds is 7. The van der Waals surface area contributed by atoms with Gasteiger partial charge < -0.3 is 10.1 Å². The third-order valence-electron chi connectivity index (χ3n) is 4.72. The van der Waals surface area contributed by atoms with Crippen molar-refractivity contribution in [3.05, 3.63) is 51.9 Å². The lowest BCUT2D eigenvalue weighted by Crippen LogP contribution is -2.36. The Morgan fingerprint density at radius 1 is 1.32 bits per heavy atom. The zero-order valence-electron chi connectivity index (χ0n) is 15.9. The number of nitrogens with one attached hydrogen (secondary N) is 1. The van der Waals surface area contributed by atoms with Gasteiger partial charge in [0.1, 0.15) is 0 Å². The van der Waals surface area contributed by atoms with Gasteiger partial charge in [-0.3, -0.25) is 4.79 Å². The molecule has 4 nitrogen and oxygen atoms in total. The van der Waals surface area contributed by atoms with Crippen molar-refractivity contribution in [3.8, 4) is 0 Å². The third-order valence-corrected chi connectivity index (χ3v) is 6.38. The van der Waals surface area contributed by atoms with Crippen LogP contribution in [-0.4, -0.2) is 24.5 Å². The molecule has 148 valence electrons. The molecular weight excluding hydrogens is 394 g/mol. The molecule has 6 heteroatoms. The SMILES string of the molecule is C[C@H](OC(=O)/C=C/c1sc2ccccc2c1Cl)C(=O)NCCC1=CCCCC1. The van der Waals surface area contributed by atoms with E-state index in [0.29, 0.717) is 11.6 Å². The van der Waals surface area contributed by atoms with E-state index in [-0.39, 0.29) is 5.91 Å². The number of hydrogen-bond acceptors (Lipinski definition) is 4. The summed E-state index contributed by atoms with van der Waals surface area (Å²) in [6, 6.07) is 7.80. The Morgan fingerprint density at radius 3 is 2.89 bits per heavy atom. The highest BCUT2D eigenvalue weighted by Crippen LogP contribution is 2.35. The summed E-state index contributed by atoms with van der Waals surface area (Å²) in [5.74, 6) is -0.843. The molecule has 0 spiro atoms. The lowest BCUT2D eigenvalue weighted by atomic mass is 9.97. The van der Waals surface area contributed by atoms with E-state index in [1.165, 1.54) is 35.8 Å². The fraction of sp³-hybridized carbons (Fsp3) is 0.364. The van der Waals surface area contributed by atoms with E-state index in [4.69, 9.17) is 16.3 Å². The van der Waals surface area contributed by atoms with Crippen LogP contribution >= 0.6 is 22.9 Å². The number of esters is 1. The van der Waals surface area contributed by atoms with Crippen molar-refractivity contribution in [2.24, 2.45) is 0 Å². The molecule has 0 radical (unpaired) electrons. The fourth-order valence-corrected chi connectivity index (χ4v) is 4.57. The van der Waals surface area contributed by atoms with Gasteiger partial charge in [-0.25, -0.2) is 4.79 Å². The molecule has 1 atom stereocenters. The lowest BCUT2D eigenvalue weighted by molar-refractivity contribution is -0.150. The average molecular weight is 418 g/mol. The molecule has 3 rings (SSSR count). The highest BCUT2D eigenvalue weighted by molar-refractivity contribution is 7.20. The van der Waals surface area contributed by atoms with Crippen molar-refractivity contribution in [1.29, 1.82) is 0 Å². The number of ether oxygens (including phenoxy) is 1. The second-order valence-electron chi connectivity index (χ2n) is 6.84. The van der Waals surface area contributed by atoms with Gasteiger partial charge in [0, 0.05) is 27.6 Å². The largest absolute Gasteiger partial charge is 0.449 e. The first-order valence-corrected chi connectivity index (χ1v) is 10.8. The Labute approximate surface area is 174 Å². The molecule has 0 fully saturated rings. The maximum absolute atomic E-state index is 12.1. The number of amides is 1. The summed E-state index contributed by atoms with van der Waals surface area (Å²) in [5.41, 5.74) is 1.40. The number of halogens is 1. The zero-order valence-corrected chi connectivity index (χ0v) is 17.4. The van der Waals surface area contributed by atoms with E-state index in [2.05, 4.69) is 11.4 Å². The minimum absolute atomic E-state index is 0.280. The first kappa shape index (κ1) is 20.6. The van der Waals surface area contributed by atoms with Crippen LogP contribution < -0.4 is 5.32 Å². The van der Waals surface area contributed by atoms with Crippen LogP contribution in [0.1, 0.15) is 43.9 Å². The smallest absolute Gasteiger partial charge is 0.331 e. The minimum atomic E-state index is -0.838. The second-order valence-corrected chi connectivity index (χ2v) is 8.30. The first-order valence-electron chi connectivity index (χ1n) is 9.56. The first-order chi connectivity index (χ1) is 13.5. The van der Waals surface area contributed by atoms with Gasteiger partial charge in [-0.2, -0.15) is 0 Å². The van der Waals surface area contributed by atoms with E-state index in [9.17, 15) is 9.59 Å². The summed E-state index contributed by atoms with van der Waals surface area (Å²) in [7, 11) is 0. The number of carbonyl (C=O) groups excluding carboxylic acids is 2. The van der Waals surface area contributed by atoms with Crippen molar-refractivity contribution < 1.29 is 14.3 Å². The van der Waals surface area contributed by atoms with Gasteiger partial charge in [-0.15, -0.1) is 11.3 Å². The Morgan fingerprint density at radius 2 is 2.14 bits per heavy atom. The Bertz CT molecular complexity index is 916. The molecule has 1 aromatic carbocycles. The van der Waals surface area contributed by atoms with Crippen molar-refractivity contribution in [2.75, 3.05) is 6.54 Å². The third kappa shape index (κ3) is 5.46. The van der Waals surface area contributed by atoms with E-state index < -0.39 is 12.1 Å². The van der Waals surface area contributed by atoms with Crippen LogP contribution in [0.4, 0.5) is 0 Å². The van der Waals surface area contributed by atoms with Crippen LogP contribution in [0.25, 0.3) is 16.2 Å². The molecule has 1 aliphatic rings. The Kier molecular flexibility index (Phi) is 7.29. The molecule has 0 saturated heterocycles. The summed E-state index contributed by atoms with van der Waals surface area (Å²) in [6.45, 7) is 2.15. The van der Waals surface area contributed by atoms with Crippen molar-refractivity contribution >= 4 is 51.0 Å². The number of thiophene rings is 1. The molecule has 1 aliphatic carbocycles. The van der Waals surface area contributed by atoms with Crippen molar-refractivity contribution in [2.45, 2.75) is 45.1 Å². The van der Waals surface area contributed by atoms with Gasteiger partial charge in [0.15, 0.2) is 6.10 Å². The molecule has 0 saturated carbocycles. The molecule has 2 aromatic rings. The van der Waals surface area contributed by atoms with Gasteiger partial charge >= 0.3 is 5.97 Å². The fourth-order valence-electron chi connectivity index (χ4n) is 3.17. The van der Waals surface area contributed by atoms with E-state index in [1.807, 2.05) is 24.3 Å². The van der Waals surface area contributed by atoms with Gasteiger partial charge in [-0.1, -0.05) is 41.4 Å². The van der Waals surface area contributed by atoms with Crippen molar-refractivity contribution in [3.63, 3.8) is 0 Å². The molecule has 0 bridgehead atoms. The van der Waals surface area contributed by atoms with Crippen molar-refractivity contribution in [1.82, 2.24) is 5.32 Å². The molecular formula is C22H24ClNO3S. The molecule has 1 amide bonds. The normalized spacial score (nSPS) is 15.4. The number of benzene rings is 1. The zero-order chi connectivity index (χ0) is 19.9. The van der Waals surface area contributed by atoms with Crippen LogP contribution in [0.5, 0.6) is 0 Å². The molecule has 28 heavy (non-hydrogen) atoms. The van der Waals surface area contributed by atoms with E-state index in [1.54, 1.807) is 13.0 Å². The lowest BCUT2D eigenvalue weighted by Gasteiger charge is -2.15. The second kappa shape index (κ2) is 9.89. The maximum atomic E-state index is 12.1. The minimum Gasteiger partial charge on any atom is -0.449 e. The summed E-state index contributed by atoms with van der Waals surface area (Å²) in [4.78, 5) is 24.9. The van der Waals surface area contributed by atoms with Gasteiger partial charge in [0.2, 0.25) is 0 Å². The molecule has 1 heterocycles. The Hall–Kier alpha value is -2.11. The molecule has 1 N–H and O–H groups in total. The summed E-state index contributed by atoms with van der Waals surface area (Å²) in [6.07, 6.45) is 9.96. The highest BCUT2D eigenvalue weighted by Gasteiger charge is 2.16. The highest BCUT2D eigenvalue weighted by atomic mass is 35.5. The predicted octanol–water partition coefficient (Wildman–Crippen LogP) is 5.51. The Balaban J connectivity index is 1.47. The van der Waals surface area contributed by atoms with Crippen LogP contribution in [0.3, 0.4) is 0 Å². The van der Waals surface area contributed by atoms with Crippen LogP contribution in [-0.2, 0) is 14.3 Å². The summed E-state index contributed by atoms with van der Waals surface area (Å²) < 4.78 is 6.26. The van der Waals surface area contributed by atoms with Crippen LogP contribution in [0, 0.1) is 0 Å². The number of hydrogen-bond donors (Lipinski definition) is 1. The molecule has 0 unspecified atom stereocenters. The van der Waals surface area contributed by atoms with Gasteiger partial charge in [0.05, 0.1) is 5.02 Å². The monoisotopic (exact) mass is 417 g/mol. The van der Waals surface area contributed by atoms with Crippen LogP contribution in [0.15, 0.2) is 42.0 Å². The topological polar surface area (TPSA) is 55.4 Å². The van der Waals surface area contributed by atoms with Gasteiger partial charge in [-0.05, 0) is 51.2 Å².